The number of aryl methyl sites for hydroxylation is 2. The van der Waals surface area contributed by atoms with Crippen molar-refractivity contribution in [2.75, 3.05) is 20.1 Å². The van der Waals surface area contributed by atoms with Crippen LogP contribution in [0.15, 0.2) is 46.1 Å². The van der Waals surface area contributed by atoms with Gasteiger partial charge in [-0.05, 0) is 48.9 Å². The van der Waals surface area contributed by atoms with Gasteiger partial charge < -0.3 is 10.6 Å². The number of aliphatic imine (C=N–C) groups is 1. The normalized spacial score (nSPS) is 15.3. The molecule has 1 aromatic carbocycles. The van der Waals surface area contributed by atoms with E-state index in [-0.39, 0.29) is 29.4 Å². The number of nitrogens with one attached hydrogen (secondary N) is 2. The van der Waals surface area contributed by atoms with E-state index in [1.807, 2.05) is 25.0 Å². The van der Waals surface area contributed by atoms with Crippen molar-refractivity contribution in [1.82, 2.24) is 20.4 Å². The lowest BCUT2D eigenvalue weighted by molar-refractivity contribution is 0.641. The van der Waals surface area contributed by atoms with Crippen LogP contribution in [0.2, 0.25) is 0 Å². The molecule has 1 saturated carbocycles. The molecule has 26 heavy (non-hydrogen) atoms. The fraction of sp³-hybridized carbons (Fsp3) is 0.474. The fourth-order valence-corrected chi connectivity index (χ4v) is 3.51. The molecule has 7 heteroatoms. The Morgan fingerprint density at radius 3 is 2.77 bits per heavy atom. The molecule has 0 atom stereocenters. The predicted molar refractivity (Wildman–Crippen MR) is 121 cm³/mol. The summed E-state index contributed by atoms with van der Waals surface area (Å²) in [6, 6.07) is 8.66. The van der Waals surface area contributed by atoms with Crippen LogP contribution >= 0.6 is 39.9 Å². The molecule has 1 aromatic heterocycles. The van der Waals surface area contributed by atoms with Gasteiger partial charge in [-0.3, -0.25) is 9.67 Å². The lowest BCUT2D eigenvalue weighted by atomic mass is 9.96. The number of nitrogens with zero attached hydrogens (tertiary/aromatic N) is 3. The van der Waals surface area contributed by atoms with Crippen LogP contribution in [0.4, 0.5) is 0 Å². The molecule has 0 spiro atoms. The van der Waals surface area contributed by atoms with Crippen LogP contribution in [-0.4, -0.2) is 35.9 Å². The van der Waals surface area contributed by atoms with E-state index in [0.717, 1.165) is 36.4 Å². The number of hydrogen-bond acceptors (Lipinski definition) is 2. The Hall–Kier alpha value is -1.09. The van der Waals surface area contributed by atoms with Crippen molar-refractivity contribution in [3.05, 3.63) is 52.3 Å². The van der Waals surface area contributed by atoms with Crippen molar-refractivity contribution in [1.29, 1.82) is 0 Å². The fourth-order valence-electron chi connectivity index (χ4n) is 3.11. The third-order valence-corrected chi connectivity index (χ3v) is 5.29. The minimum Gasteiger partial charge on any atom is -0.356 e. The van der Waals surface area contributed by atoms with E-state index in [0.29, 0.717) is 0 Å². The summed E-state index contributed by atoms with van der Waals surface area (Å²) in [5.74, 6) is 0.882. The van der Waals surface area contributed by atoms with Gasteiger partial charge in [-0.15, -0.1) is 24.0 Å². The summed E-state index contributed by atoms with van der Waals surface area (Å²) in [6.07, 6.45) is 8.55. The van der Waals surface area contributed by atoms with E-state index in [4.69, 9.17) is 0 Å². The molecule has 0 saturated heterocycles. The second-order valence-electron chi connectivity index (χ2n) is 6.77. The van der Waals surface area contributed by atoms with E-state index < -0.39 is 0 Å². The zero-order valence-electron chi connectivity index (χ0n) is 15.3. The molecule has 0 amide bonds. The molecule has 1 fully saturated rings. The third kappa shape index (κ3) is 5.70. The first-order valence-corrected chi connectivity index (χ1v) is 9.59. The molecule has 0 aliphatic heterocycles. The monoisotopic (exact) mass is 531 g/mol. The Labute approximate surface area is 181 Å². The van der Waals surface area contributed by atoms with Crippen molar-refractivity contribution >= 4 is 45.9 Å². The van der Waals surface area contributed by atoms with Gasteiger partial charge in [0.1, 0.15) is 0 Å². The highest BCUT2D eigenvalue weighted by atomic mass is 127. The van der Waals surface area contributed by atoms with E-state index >= 15 is 0 Å². The maximum atomic E-state index is 4.35. The smallest absolute Gasteiger partial charge is 0.191 e. The zero-order chi connectivity index (χ0) is 17.7. The highest BCUT2D eigenvalue weighted by Gasteiger charge is 2.44. The SMILES string of the molecule is CN=C(NCCCc1cnn(C)c1)NCC1(c2cccc(Br)c2)CC1.I. The largest absolute Gasteiger partial charge is 0.356 e. The maximum Gasteiger partial charge on any atom is 0.191 e. The molecule has 2 aromatic rings. The lowest BCUT2D eigenvalue weighted by Crippen LogP contribution is -2.41. The van der Waals surface area contributed by atoms with Crippen LogP contribution in [0, 0.1) is 0 Å². The summed E-state index contributed by atoms with van der Waals surface area (Å²) in [5.41, 5.74) is 2.94. The Morgan fingerprint density at radius 1 is 1.35 bits per heavy atom. The Balaban J connectivity index is 0.00000243. The van der Waals surface area contributed by atoms with Crippen LogP contribution in [0.3, 0.4) is 0 Å². The summed E-state index contributed by atoms with van der Waals surface area (Å²) in [4.78, 5) is 4.35. The Morgan fingerprint density at radius 2 is 2.15 bits per heavy atom. The third-order valence-electron chi connectivity index (χ3n) is 4.80. The van der Waals surface area contributed by atoms with Gasteiger partial charge in [0.2, 0.25) is 0 Å². The second kappa shape index (κ2) is 9.73. The Bertz CT molecular complexity index is 739. The van der Waals surface area contributed by atoms with Gasteiger partial charge in [-0.1, -0.05) is 28.1 Å². The Kier molecular flexibility index (Phi) is 7.94. The minimum atomic E-state index is 0. The predicted octanol–water partition coefficient (Wildman–Crippen LogP) is 3.63. The van der Waals surface area contributed by atoms with Crippen molar-refractivity contribution in [2.24, 2.45) is 12.0 Å². The first-order valence-electron chi connectivity index (χ1n) is 8.79. The molecule has 142 valence electrons. The van der Waals surface area contributed by atoms with Crippen molar-refractivity contribution in [3.8, 4) is 0 Å². The van der Waals surface area contributed by atoms with Crippen LogP contribution < -0.4 is 10.6 Å². The average molecular weight is 532 g/mol. The van der Waals surface area contributed by atoms with Crippen molar-refractivity contribution < 1.29 is 0 Å². The molecule has 2 N–H and O–H groups in total. The molecular weight excluding hydrogens is 505 g/mol. The summed E-state index contributed by atoms with van der Waals surface area (Å²) in [5, 5.41) is 11.1. The zero-order valence-corrected chi connectivity index (χ0v) is 19.3. The van der Waals surface area contributed by atoms with Gasteiger partial charge in [-0.2, -0.15) is 5.10 Å². The first-order chi connectivity index (χ1) is 12.1. The molecule has 1 heterocycles. The standard InChI is InChI=1S/C19H26BrN5.HI/c1-21-18(22-10-4-5-15-12-24-25(2)13-15)23-14-19(8-9-19)16-6-3-7-17(20)11-16;/h3,6-7,11-13H,4-5,8-10,14H2,1-2H3,(H2,21,22,23);1H. The van der Waals surface area contributed by atoms with E-state index in [9.17, 15) is 0 Å². The van der Waals surface area contributed by atoms with Crippen LogP contribution in [0.5, 0.6) is 0 Å². The van der Waals surface area contributed by atoms with Gasteiger partial charge >= 0.3 is 0 Å². The van der Waals surface area contributed by atoms with Gasteiger partial charge in [-0.25, -0.2) is 0 Å². The summed E-state index contributed by atoms with van der Waals surface area (Å²) >= 11 is 3.58. The van der Waals surface area contributed by atoms with Crippen LogP contribution in [0.25, 0.3) is 0 Å². The number of benzene rings is 1. The van der Waals surface area contributed by atoms with E-state index in [1.165, 1.54) is 24.0 Å². The molecule has 0 radical (unpaired) electrons. The number of rotatable bonds is 7. The van der Waals surface area contributed by atoms with Crippen molar-refractivity contribution in [3.63, 3.8) is 0 Å². The maximum absolute atomic E-state index is 4.35. The van der Waals surface area contributed by atoms with Crippen LogP contribution in [-0.2, 0) is 18.9 Å². The molecule has 3 rings (SSSR count). The first kappa shape index (κ1) is 21.2. The molecule has 0 unspecified atom stereocenters. The summed E-state index contributed by atoms with van der Waals surface area (Å²) < 4.78 is 2.99. The van der Waals surface area contributed by atoms with Gasteiger partial charge in [0.05, 0.1) is 6.20 Å². The topological polar surface area (TPSA) is 54.2 Å². The number of aromatic nitrogens is 2. The second-order valence-corrected chi connectivity index (χ2v) is 7.68. The molecule has 1 aliphatic rings. The quantitative estimate of drug-likeness (QED) is 0.248. The molecular formula is C19H27BrIN5. The summed E-state index contributed by atoms with van der Waals surface area (Å²) in [7, 11) is 3.78. The van der Waals surface area contributed by atoms with Gasteiger partial charge in [0, 0.05) is 43.3 Å². The van der Waals surface area contributed by atoms with E-state index in [2.05, 4.69) is 67.1 Å². The van der Waals surface area contributed by atoms with Crippen molar-refractivity contribution in [2.45, 2.75) is 31.1 Å². The highest BCUT2D eigenvalue weighted by Crippen LogP contribution is 2.48. The summed E-state index contributed by atoms with van der Waals surface area (Å²) in [6.45, 7) is 1.82. The molecule has 1 aliphatic carbocycles. The molecule has 0 bridgehead atoms. The van der Waals surface area contributed by atoms with E-state index in [1.54, 1.807) is 0 Å². The number of hydrogen-bond donors (Lipinski definition) is 2. The lowest BCUT2D eigenvalue weighted by Gasteiger charge is -2.19. The van der Waals surface area contributed by atoms with Gasteiger partial charge in [0.15, 0.2) is 5.96 Å². The van der Waals surface area contributed by atoms with Gasteiger partial charge in [0.25, 0.3) is 0 Å². The highest BCUT2D eigenvalue weighted by molar-refractivity contribution is 14.0. The number of halogens is 2. The molecule has 5 nitrogen and oxygen atoms in total. The number of guanidine groups is 1. The minimum absolute atomic E-state index is 0. The average Bonchev–Trinajstić information content (AvgIpc) is 3.29. The van der Waals surface area contributed by atoms with Crippen LogP contribution in [0.1, 0.15) is 30.4 Å².